The molecule has 0 aliphatic heterocycles. The zero-order valence-corrected chi connectivity index (χ0v) is 9.85. The minimum atomic E-state index is -0.372. The molecule has 0 N–H and O–H groups in total. The maximum absolute atomic E-state index is 11.4. The van der Waals surface area contributed by atoms with E-state index in [2.05, 4.69) is 5.10 Å². The zero-order chi connectivity index (χ0) is 12.6. The highest BCUT2D eigenvalue weighted by Gasteiger charge is 2.11. The van der Waals surface area contributed by atoms with Crippen LogP contribution in [0.2, 0.25) is 0 Å². The van der Waals surface area contributed by atoms with Crippen molar-refractivity contribution in [3.05, 3.63) is 23.9 Å². The van der Waals surface area contributed by atoms with Crippen molar-refractivity contribution in [2.45, 2.75) is 20.8 Å². The van der Waals surface area contributed by atoms with Gasteiger partial charge in [-0.25, -0.2) is 4.68 Å². The van der Waals surface area contributed by atoms with Crippen LogP contribution in [-0.4, -0.2) is 21.7 Å². The molecule has 88 valence electrons. The van der Waals surface area contributed by atoms with Crippen LogP contribution in [0.15, 0.2) is 18.3 Å². The molecular weight excluding hydrogens is 220 g/mol. The molecule has 0 spiro atoms. The molecule has 0 amide bonds. The summed E-state index contributed by atoms with van der Waals surface area (Å²) in [4.78, 5) is 22.2. The lowest BCUT2D eigenvalue weighted by molar-refractivity contribution is -0.131. The number of esters is 1. The Morgan fingerprint density at radius 3 is 2.59 bits per heavy atom. The van der Waals surface area contributed by atoms with E-state index in [1.165, 1.54) is 18.5 Å². The highest BCUT2D eigenvalue weighted by atomic mass is 16.5. The van der Waals surface area contributed by atoms with Gasteiger partial charge in [-0.3, -0.25) is 9.59 Å². The average molecular weight is 232 g/mol. The molecule has 2 rings (SSSR count). The van der Waals surface area contributed by atoms with E-state index in [0.29, 0.717) is 5.75 Å². The molecule has 17 heavy (non-hydrogen) atoms. The fourth-order valence-electron chi connectivity index (χ4n) is 1.80. The molecular formula is C12H12N2O3. The van der Waals surface area contributed by atoms with Crippen LogP contribution in [0.4, 0.5) is 0 Å². The predicted octanol–water partition coefficient (Wildman–Crippen LogP) is 1.93. The summed E-state index contributed by atoms with van der Waals surface area (Å²) in [6.07, 6.45) is 1.58. The summed E-state index contributed by atoms with van der Waals surface area (Å²) in [7, 11) is 0. The number of carbonyl (C=O) groups is 2. The Morgan fingerprint density at radius 2 is 2.00 bits per heavy atom. The summed E-state index contributed by atoms with van der Waals surface area (Å²) >= 11 is 0. The maximum atomic E-state index is 11.4. The molecule has 1 aromatic carbocycles. The van der Waals surface area contributed by atoms with Crippen molar-refractivity contribution in [2.75, 3.05) is 0 Å². The summed E-state index contributed by atoms with van der Waals surface area (Å²) < 4.78 is 6.35. The van der Waals surface area contributed by atoms with Gasteiger partial charge < -0.3 is 4.74 Å². The van der Waals surface area contributed by atoms with Crippen molar-refractivity contribution in [3.8, 4) is 5.75 Å². The van der Waals surface area contributed by atoms with E-state index in [-0.39, 0.29) is 11.9 Å². The van der Waals surface area contributed by atoms with Crippen molar-refractivity contribution in [3.63, 3.8) is 0 Å². The standard InChI is InChI=1S/C12H12N2O3/c1-7-4-11(17-9(3)16)5-10-6-13-14(8(2)15)12(7)10/h4-6H,1-3H3. The largest absolute Gasteiger partial charge is 0.427 e. The summed E-state index contributed by atoms with van der Waals surface area (Å²) in [5, 5.41) is 4.78. The van der Waals surface area contributed by atoms with Crippen LogP contribution in [0, 0.1) is 6.92 Å². The average Bonchev–Trinajstić information content (AvgIpc) is 2.60. The Labute approximate surface area is 98.0 Å². The third-order valence-corrected chi connectivity index (χ3v) is 2.39. The van der Waals surface area contributed by atoms with Gasteiger partial charge >= 0.3 is 5.97 Å². The summed E-state index contributed by atoms with van der Waals surface area (Å²) in [5.41, 5.74) is 1.58. The zero-order valence-electron chi connectivity index (χ0n) is 9.85. The van der Waals surface area contributed by atoms with Crippen LogP contribution in [-0.2, 0) is 4.79 Å². The number of rotatable bonds is 1. The quantitative estimate of drug-likeness (QED) is 0.556. The van der Waals surface area contributed by atoms with E-state index in [9.17, 15) is 9.59 Å². The molecule has 1 heterocycles. The smallest absolute Gasteiger partial charge is 0.308 e. The monoisotopic (exact) mass is 232 g/mol. The first-order valence-corrected chi connectivity index (χ1v) is 5.17. The third-order valence-electron chi connectivity index (χ3n) is 2.39. The second kappa shape index (κ2) is 4.01. The summed E-state index contributed by atoms with van der Waals surface area (Å²) in [6.45, 7) is 4.64. The fraction of sp³-hybridized carbons (Fsp3) is 0.250. The van der Waals surface area contributed by atoms with Gasteiger partial charge in [0.15, 0.2) is 0 Å². The first-order valence-electron chi connectivity index (χ1n) is 5.17. The highest BCUT2D eigenvalue weighted by molar-refractivity contribution is 5.92. The number of nitrogens with zero attached hydrogens (tertiary/aromatic N) is 2. The lowest BCUT2D eigenvalue weighted by Crippen LogP contribution is -2.08. The molecule has 1 aromatic heterocycles. The van der Waals surface area contributed by atoms with Crippen molar-refractivity contribution in [2.24, 2.45) is 0 Å². The first kappa shape index (κ1) is 11.3. The molecule has 0 saturated heterocycles. The molecule has 5 nitrogen and oxygen atoms in total. The minimum Gasteiger partial charge on any atom is -0.427 e. The number of hydrogen-bond acceptors (Lipinski definition) is 4. The van der Waals surface area contributed by atoms with Gasteiger partial charge in [-0.2, -0.15) is 5.10 Å². The number of ether oxygens (including phenoxy) is 1. The second-order valence-corrected chi connectivity index (χ2v) is 3.85. The minimum absolute atomic E-state index is 0.150. The van der Waals surface area contributed by atoms with Crippen LogP contribution in [0.5, 0.6) is 5.75 Å². The number of hydrogen-bond donors (Lipinski definition) is 0. The Hall–Kier alpha value is -2.17. The summed E-state index contributed by atoms with van der Waals surface area (Å²) in [6, 6.07) is 3.40. The molecule has 2 aromatic rings. The third kappa shape index (κ3) is 2.04. The Bertz CT molecular complexity index is 613. The van der Waals surface area contributed by atoms with Gasteiger partial charge in [0.05, 0.1) is 11.7 Å². The van der Waals surface area contributed by atoms with E-state index in [4.69, 9.17) is 4.74 Å². The van der Waals surface area contributed by atoms with Gasteiger partial charge in [-0.15, -0.1) is 0 Å². The number of aryl methyl sites for hydroxylation is 1. The predicted molar refractivity (Wildman–Crippen MR) is 62.1 cm³/mol. The van der Waals surface area contributed by atoms with E-state index >= 15 is 0 Å². The second-order valence-electron chi connectivity index (χ2n) is 3.85. The van der Waals surface area contributed by atoms with Crippen LogP contribution >= 0.6 is 0 Å². The van der Waals surface area contributed by atoms with Crippen LogP contribution in [0.25, 0.3) is 10.9 Å². The maximum Gasteiger partial charge on any atom is 0.308 e. The van der Waals surface area contributed by atoms with Crippen LogP contribution in [0.3, 0.4) is 0 Å². The lowest BCUT2D eigenvalue weighted by atomic mass is 10.1. The highest BCUT2D eigenvalue weighted by Crippen LogP contribution is 2.25. The molecule has 0 aliphatic rings. The number of carbonyl (C=O) groups excluding carboxylic acids is 2. The molecule has 5 heteroatoms. The molecule has 0 unspecified atom stereocenters. The van der Waals surface area contributed by atoms with Crippen LogP contribution in [0.1, 0.15) is 24.2 Å². The Balaban J connectivity index is 2.61. The number of fused-ring (bicyclic) bond motifs is 1. The van der Waals surface area contributed by atoms with Gasteiger partial charge in [0.2, 0.25) is 5.91 Å². The number of aromatic nitrogens is 2. The van der Waals surface area contributed by atoms with Crippen molar-refractivity contribution in [1.29, 1.82) is 0 Å². The van der Waals surface area contributed by atoms with Gasteiger partial charge in [-0.05, 0) is 24.6 Å². The lowest BCUT2D eigenvalue weighted by Gasteiger charge is -2.05. The summed E-state index contributed by atoms with van der Waals surface area (Å²) in [5.74, 6) is -0.0587. The molecule has 0 bridgehead atoms. The molecule has 0 radical (unpaired) electrons. The molecule has 0 aliphatic carbocycles. The normalized spacial score (nSPS) is 10.5. The van der Waals surface area contributed by atoms with Crippen molar-refractivity contribution < 1.29 is 14.3 Å². The Kier molecular flexibility index (Phi) is 2.67. The Morgan fingerprint density at radius 1 is 1.29 bits per heavy atom. The van der Waals surface area contributed by atoms with Crippen LogP contribution < -0.4 is 4.74 Å². The SMILES string of the molecule is CC(=O)Oc1cc(C)c2c(cnn2C(C)=O)c1. The van der Waals surface area contributed by atoms with Crippen molar-refractivity contribution in [1.82, 2.24) is 9.78 Å². The van der Waals surface area contributed by atoms with E-state index in [1.54, 1.807) is 18.3 Å². The number of benzene rings is 1. The van der Waals surface area contributed by atoms with E-state index < -0.39 is 0 Å². The van der Waals surface area contributed by atoms with Gasteiger partial charge in [0.1, 0.15) is 5.75 Å². The fourth-order valence-corrected chi connectivity index (χ4v) is 1.80. The van der Waals surface area contributed by atoms with Gasteiger partial charge in [0.25, 0.3) is 0 Å². The molecule has 0 atom stereocenters. The topological polar surface area (TPSA) is 61.2 Å². The molecule has 0 fully saturated rings. The first-order chi connectivity index (χ1) is 7.99. The van der Waals surface area contributed by atoms with Crippen molar-refractivity contribution >= 4 is 22.8 Å². The van der Waals surface area contributed by atoms with E-state index in [1.807, 2.05) is 6.92 Å². The van der Waals surface area contributed by atoms with Gasteiger partial charge in [0, 0.05) is 19.2 Å². The molecule has 0 saturated carbocycles. The van der Waals surface area contributed by atoms with Gasteiger partial charge in [-0.1, -0.05) is 0 Å². The van der Waals surface area contributed by atoms with E-state index in [0.717, 1.165) is 16.5 Å².